The van der Waals surface area contributed by atoms with E-state index >= 15 is 0 Å². The van der Waals surface area contributed by atoms with Gasteiger partial charge in [0.15, 0.2) is 17.9 Å². The molecule has 0 aliphatic carbocycles. The molecule has 0 radical (unpaired) electrons. The average Bonchev–Trinajstić information content (AvgIpc) is 3.12. The number of aliphatic imine (C=N–C) groups is 3. The number of primary amides is 2. The Morgan fingerprint density at radius 2 is 0.828 bits per heavy atom. The summed E-state index contributed by atoms with van der Waals surface area (Å²) in [5.41, 5.74) is 48.5. The van der Waals surface area contributed by atoms with Gasteiger partial charge in [-0.2, -0.15) is 0 Å². The number of carboxylic acid groups (broad SMARTS) is 1. The molecule has 0 bridgehead atoms. The smallest absolute Gasteiger partial charge is 0.322 e. The number of carbonyl (C=O) groups excluding carboxylic acids is 8. The maximum Gasteiger partial charge on any atom is 0.322 e. The summed E-state index contributed by atoms with van der Waals surface area (Å²) in [6, 6.07) is -7.53. The van der Waals surface area contributed by atoms with Gasteiger partial charge < -0.3 is 88.6 Å². The molecule has 326 valence electrons. The number of nitrogens with two attached hydrogens (primary N) is 9. The first kappa shape index (κ1) is 51.0. The quantitative estimate of drug-likeness (QED) is 0.0189. The molecule has 0 rings (SSSR count). The molecule has 0 aliphatic rings. The highest BCUT2D eigenvalue weighted by atomic mass is 16.4. The molecule has 0 aromatic rings. The molecule has 8 amide bonds. The highest BCUT2D eigenvalue weighted by Crippen LogP contribution is 2.06. The van der Waals surface area contributed by atoms with Crippen LogP contribution in [0.15, 0.2) is 15.0 Å². The Morgan fingerprint density at radius 1 is 0.466 bits per heavy atom. The monoisotopic (exact) mass is 828 g/mol. The van der Waals surface area contributed by atoms with E-state index in [1.165, 1.54) is 0 Å². The average molecular weight is 829 g/mol. The number of nitrogens with zero attached hydrogens (tertiary/aromatic N) is 3. The van der Waals surface area contributed by atoms with E-state index in [1.54, 1.807) is 0 Å². The van der Waals surface area contributed by atoms with Gasteiger partial charge in [-0.3, -0.25) is 58.1 Å². The molecule has 0 aromatic carbocycles. The van der Waals surface area contributed by atoms with Crippen molar-refractivity contribution in [3.05, 3.63) is 0 Å². The van der Waals surface area contributed by atoms with E-state index in [-0.39, 0.29) is 76.0 Å². The van der Waals surface area contributed by atoms with Crippen molar-refractivity contribution in [2.45, 2.75) is 81.6 Å². The predicted octanol–water partition coefficient (Wildman–Crippen LogP) is -9.52. The van der Waals surface area contributed by atoms with E-state index in [1.807, 2.05) is 0 Å². The Bertz CT molecular complexity index is 1540. The molecule has 0 heterocycles. The minimum atomic E-state index is -1.79. The van der Waals surface area contributed by atoms with E-state index < -0.39 is 109 Å². The number of aliphatic carboxylic acids is 1. The third kappa shape index (κ3) is 24.4. The Kier molecular flexibility index (Phi) is 24.2. The maximum atomic E-state index is 13.7. The summed E-state index contributed by atoms with van der Waals surface area (Å²) in [4.78, 5) is 124. The lowest BCUT2D eigenvalue weighted by molar-refractivity contribution is -0.138. The van der Waals surface area contributed by atoms with E-state index in [4.69, 9.17) is 56.7 Å². The number of rotatable bonds is 29. The summed E-state index contributed by atoms with van der Waals surface area (Å²) in [5.74, 6) is -10.0. The molecule has 0 unspecified atom stereocenters. The molecular weight excluding hydrogens is 772 g/mol. The van der Waals surface area contributed by atoms with Gasteiger partial charge in [-0.25, -0.2) is 0 Å². The van der Waals surface area contributed by atoms with Crippen LogP contribution in [0.5, 0.6) is 0 Å². The predicted molar refractivity (Wildman–Crippen MR) is 207 cm³/mol. The van der Waals surface area contributed by atoms with Crippen LogP contribution in [0.4, 0.5) is 0 Å². The Morgan fingerprint density at radius 3 is 1.22 bits per heavy atom. The minimum absolute atomic E-state index is 0.0246. The second-order valence-electron chi connectivity index (χ2n) is 12.4. The van der Waals surface area contributed by atoms with Crippen LogP contribution in [0, 0.1) is 0 Å². The Hall–Kier alpha value is -7.00. The number of hydrogen-bond acceptors (Lipinski definition) is 13. The number of carboxylic acids is 1. The van der Waals surface area contributed by atoms with Crippen molar-refractivity contribution in [1.82, 2.24) is 31.9 Å². The van der Waals surface area contributed by atoms with Crippen LogP contribution in [0.3, 0.4) is 0 Å². The van der Waals surface area contributed by atoms with E-state index in [2.05, 4.69) is 46.9 Å². The molecule has 0 spiro atoms. The molecular formula is C30H56N18O10. The lowest BCUT2D eigenvalue weighted by atomic mass is 10.1. The summed E-state index contributed by atoms with van der Waals surface area (Å²) < 4.78 is 0. The summed E-state index contributed by atoms with van der Waals surface area (Å²) in [7, 11) is 0. The van der Waals surface area contributed by atoms with Gasteiger partial charge >= 0.3 is 5.97 Å². The van der Waals surface area contributed by atoms with Gasteiger partial charge in [0.25, 0.3) is 0 Å². The second-order valence-corrected chi connectivity index (χ2v) is 12.4. The normalized spacial score (nSPS) is 13.0. The van der Waals surface area contributed by atoms with Crippen LogP contribution in [-0.4, -0.2) is 139 Å². The highest BCUT2D eigenvalue weighted by molar-refractivity contribution is 5.99. The SMILES string of the molecule is NC(=O)C[C@H](NC(=O)[C@H](CC(N)=O)NC(=O)[C@@H](N)CCCN=C(N)N)C(=O)N[C@@H](CCCN=C(N)N)C(=O)N[C@@H](CCCN=C(N)N)C(=O)NCC(=O)NCC(=O)O. The van der Waals surface area contributed by atoms with Crippen molar-refractivity contribution < 1.29 is 48.3 Å². The van der Waals surface area contributed by atoms with Crippen molar-refractivity contribution in [3.8, 4) is 0 Å². The number of carbonyl (C=O) groups is 9. The van der Waals surface area contributed by atoms with Crippen LogP contribution < -0.4 is 83.5 Å². The zero-order chi connectivity index (χ0) is 44.4. The number of guanidine groups is 3. The second kappa shape index (κ2) is 27.6. The third-order valence-electron chi connectivity index (χ3n) is 7.40. The van der Waals surface area contributed by atoms with Gasteiger partial charge in [-0.1, -0.05) is 0 Å². The maximum absolute atomic E-state index is 13.7. The van der Waals surface area contributed by atoms with Gasteiger partial charge in [0, 0.05) is 19.6 Å². The van der Waals surface area contributed by atoms with E-state index in [0.29, 0.717) is 0 Å². The van der Waals surface area contributed by atoms with Crippen molar-refractivity contribution in [2.24, 2.45) is 66.6 Å². The van der Waals surface area contributed by atoms with E-state index in [9.17, 15) is 43.2 Å². The summed E-state index contributed by atoms with van der Waals surface area (Å²) in [5, 5.41) is 22.4. The van der Waals surface area contributed by atoms with Gasteiger partial charge in [-0.05, 0) is 38.5 Å². The van der Waals surface area contributed by atoms with Gasteiger partial charge in [0.2, 0.25) is 47.3 Å². The zero-order valence-corrected chi connectivity index (χ0v) is 31.7. The lowest BCUT2D eigenvalue weighted by Gasteiger charge is -2.26. The number of hydrogen-bond donors (Lipinski definition) is 16. The molecule has 0 fully saturated rings. The fraction of sp³-hybridized carbons (Fsp3) is 0.600. The first-order chi connectivity index (χ1) is 27.1. The standard InChI is InChI=1S/C30H56N18O10/c31-14(4-1-7-40-28(34)35)23(54)47-17(10-19(32)49)27(58)48-18(11-20(33)50)26(57)46-16(6-3-9-42-30(38)39)25(56)45-15(5-2-8-41-29(36)37)24(55)44-12-21(51)43-13-22(52)53/h14-18H,1-13,31H2,(H2,32,49)(H2,33,50)(H,43,51)(H,44,55)(H,45,56)(H,46,57)(H,47,54)(H,48,58)(H,52,53)(H4,34,35,40)(H4,36,37,41)(H4,38,39,42)/t14-,15-,16-,17-,18-/m0/s1. The van der Waals surface area contributed by atoms with Crippen molar-refractivity contribution in [1.29, 1.82) is 0 Å². The summed E-state index contributed by atoms with van der Waals surface area (Å²) in [6.07, 6.45) is -1.35. The summed E-state index contributed by atoms with van der Waals surface area (Å²) >= 11 is 0. The summed E-state index contributed by atoms with van der Waals surface area (Å²) in [6.45, 7) is -1.24. The van der Waals surface area contributed by atoms with Crippen LogP contribution in [-0.2, 0) is 43.2 Å². The lowest BCUT2D eigenvalue weighted by Crippen LogP contribution is -2.59. The molecule has 0 aliphatic heterocycles. The fourth-order valence-electron chi connectivity index (χ4n) is 4.64. The van der Waals surface area contributed by atoms with Crippen LogP contribution >= 0.6 is 0 Å². The van der Waals surface area contributed by atoms with Crippen molar-refractivity contribution >= 4 is 71.1 Å². The van der Waals surface area contributed by atoms with Gasteiger partial charge in [0.05, 0.1) is 25.4 Å². The van der Waals surface area contributed by atoms with E-state index in [0.717, 1.165) is 0 Å². The highest BCUT2D eigenvalue weighted by Gasteiger charge is 2.33. The number of amides is 8. The third-order valence-corrected chi connectivity index (χ3v) is 7.40. The molecule has 0 aromatic heterocycles. The fourth-order valence-corrected chi connectivity index (χ4v) is 4.64. The Balaban J connectivity index is 6.29. The largest absolute Gasteiger partial charge is 0.480 e. The molecule has 5 atom stereocenters. The van der Waals surface area contributed by atoms with Crippen molar-refractivity contribution in [2.75, 3.05) is 32.7 Å². The first-order valence-electron chi connectivity index (χ1n) is 17.6. The molecule has 0 saturated heterocycles. The molecule has 0 saturated carbocycles. The zero-order valence-electron chi connectivity index (χ0n) is 31.7. The molecule has 58 heavy (non-hydrogen) atoms. The Labute approximate surface area is 332 Å². The van der Waals surface area contributed by atoms with Crippen LogP contribution in [0.2, 0.25) is 0 Å². The van der Waals surface area contributed by atoms with Gasteiger partial charge in [-0.15, -0.1) is 0 Å². The van der Waals surface area contributed by atoms with Crippen LogP contribution in [0.1, 0.15) is 51.4 Å². The minimum Gasteiger partial charge on any atom is -0.480 e. The first-order valence-corrected chi connectivity index (χ1v) is 17.6. The van der Waals surface area contributed by atoms with Gasteiger partial charge in [0.1, 0.15) is 30.7 Å². The number of nitrogens with one attached hydrogen (secondary N) is 6. The van der Waals surface area contributed by atoms with Crippen molar-refractivity contribution in [3.63, 3.8) is 0 Å². The topological polar surface area (TPSA) is 517 Å². The van der Waals surface area contributed by atoms with Crippen LogP contribution in [0.25, 0.3) is 0 Å². The molecule has 25 N–H and O–H groups in total. The molecule has 28 heteroatoms. The molecule has 28 nitrogen and oxygen atoms in total.